The highest BCUT2D eigenvalue weighted by Crippen LogP contribution is 2.41. The maximum Gasteiger partial charge on any atom is 0.226 e. The first-order valence-electron chi connectivity index (χ1n) is 5.95. The van der Waals surface area contributed by atoms with Crippen LogP contribution < -0.4 is 0 Å². The second-order valence-corrected chi connectivity index (χ2v) is 5.19. The van der Waals surface area contributed by atoms with Crippen LogP contribution in [0, 0.1) is 0 Å². The van der Waals surface area contributed by atoms with Crippen LogP contribution in [-0.4, -0.2) is 7.11 Å². The number of halogens is 1. The molecule has 2 nitrogen and oxygen atoms in total. The quantitative estimate of drug-likeness (QED) is 0.740. The fourth-order valence-corrected chi connectivity index (χ4v) is 2.87. The van der Waals surface area contributed by atoms with Crippen molar-refractivity contribution in [2.45, 2.75) is 32.5 Å². The molecule has 0 bridgehead atoms. The highest BCUT2D eigenvalue weighted by molar-refractivity contribution is 14.1. The molecule has 1 aliphatic heterocycles. The summed E-state index contributed by atoms with van der Waals surface area (Å²) in [5, 5.41) is 0. The summed E-state index contributed by atoms with van der Waals surface area (Å²) in [5.74, 6) is 1.07. The molecule has 0 radical (unpaired) electrons. The average molecular weight is 344 g/mol. The van der Waals surface area contributed by atoms with Gasteiger partial charge in [-0.3, -0.25) is 0 Å². The zero-order valence-electron chi connectivity index (χ0n) is 10.2. The third-order valence-electron chi connectivity index (χ3n) is 2.92. The van der Waals surface area contributed by atoms with Crippen LogP contribution >= 0.6 is 22.6 Å². The predicted molar refractivity (Wildman–Crippen MR) is 77.7 cm³/mol. The zero-order chi connectivity index (χ0) is 12.3. The molecule has 1 atom stereocenters. The number of hydrogen-bond donors (Lipinski definition) is 0. The van der Waals surface area contributed by atoms with Crippen molar-refractivity contribution in [3.05, 3.63) is 41.2 Å². The van der Waals surface area contributed by atoms with Gasteiger partial charge in [0, 0.05) is 24.7 Å². The Balaban J connectivity index is 2.36. The summed E-state index contributed by atoms with van der Waals surface area (Å²) >= 11 is 2.38. The van der Waals surface area contributed by atoms with Crippen LogP contribution in [-0.2, 0) is 9.47 Å². The lowest BCUT2D eigenvalue weighted by Gasteiger charge is -2.28. The van der Waals surface area contributed by atoms with Crippen molar-refractivity contribution in [3.8, 4) is 0 Å². The second kappa shape index (κ2) is 5.87. The topological polar surface area (TPSA) is 18.5 Å². The zero-order valence-corrected chi connectivity index (χ0v) is 12.4. The molecule has 0 spiro atoms. The standard InChI is InChI=1S/C14H17IO2/c1-3-4-9-12-13(15)10-7-5-6-8-11(10)14(16-2)17-12/h5-8,14H,3-4,9H2,1-2H3. The van der Waals surface area contributed by atoms with Gasteiger partial charge in [0.05, 0.1) is 3.58 Å². The fraction of sp³-hybridized carbons (Fsp3) is 0.429. The summed E-state index contributed by atoms with van der Waals surface area (Å²) < 4.78 is 12.6. The Kier molecular flexibility index (Phi) is 4.45. The van der Waals surface area contributed by atoms with Gasteiger partial charge in [0.15, 0.2) is 0 Å². The minimum absolute atomic E-state index is 0.253. The van der Waals surface area contributed by atoms with E-state index in [4.69, 9.17) is 9.47 Å². The van der Waals surface area contributed by atoms with Crippen LogP contribution in [0.4, 0.5) is 0 Å². The minimum Gasteiger partial charge on any atom is -0.464 e. The van der Waals surface area contributed by atoms with Gasteiger partial charge < -0.3 is 9.47 Å². The molecular formula is C14H17IO2. The van der Waals surface area contributed by atoms with Crippen LogP contribution in [0.15, 0.2) is 30.0 Å². The Morgan fingerprint density at radius 1 is 1.35 bits per heavy atom. The molecule has 0 fully saturated rings. The Morgan fingerprint density at radius 2 is 2.12 bits per heavy atom. The summed E-state index contributed by atoms with van der Waals surface area (Å²) in [4.78, 5) is 0. The van der Waals surface area contributed by atoms with Gasteiger partial charge in [-0.15, -0.1) is 0 Å². The van der Waals surface area contributed by atoms with E-state index in [9.17, 15) is 0 Å². The van der Waals surface area contributed by atoms with Gasteiger partial charge in [0.1, 0.15) is 5.76 Å². The molecule has 0 aromatic heterocycles. The molecule has 0 amide bonds. The number of unbranched alkanes of at least 4 members (excludes halogenated alkanes) is 1. The first-order valence-corrected chi connectivity index (χ1v) is 7.03. The third-order valence-corrected chi connectivity index (χ3v) is 4.10. The molecule has 17 heavy (non-hydrogen) atoms. The highest BCUT2D eigenvalue weighted by atomic mass is 127. The predicted octanol–water partition coefficient (Wildman–Crippen LogP) is 4.66. The van der Waals surface area contributed by atoms with Crippen LogP contribution in [0.5, 0.6) is 0 Å². The van der Waals surface area contributed by atoms with Crippen molar-refractivity contribution in [3.63, 3.8) is 0 Å². The summed E-state index contributed by atoms with van der Waals surface area (Å²) in [7, 11) is 1.69. The van der Waals surface area contributed by atoms with Crippen LogP contribution in [0.1, 0.15) is 43.6 Å². The van der Waals surface area contributed by atoms with Crippen LogP contribution in [0.25, 0.3) is 3.58 Å². The summed E-state index contributed by atoms with van der Waals surface area (Å²) in [5.41, 5.74) is 2.37. The lowest BCUT2D eigenvalue weighted by atomic mass is 10.0. The van der Waals surface area contributed by atoms with Gasteiger partial charge in [0.2, 0.25) is 6.29 Å². The van der Waals surface area contributed by atoms with Crippen molar-refractivity contribution >= 4 is 26.2 Å². The van der Waals surface area contributed by atoms with E-state index in [1.54, 1.807) is 7.11 Å². The van der Waals surface area contributed by atoms with Crippen molar-refractivity contribution in [1.29, 1.82) is 0 Å². The summed E-state index contributed by atoms with van der Waals surface area (Å²) in [6, 6.07) is 8.29. The van der Waals surface area contributed by atoms with E-state index >= 15 is 0 Å². The van der Waals surface area contributed by atoms with Crippen LogP contribution in [0.2, 0.25) is 0 Å². The molecular weight excluding hydrogens is 327 g/mol. The first kappa shape index (κ1) is 12.9. The molecule has 0 saturated carbocycles. The summed E-state index contributed by atoms with van der Waals surface area (Å²) in [6.45, 7) is 2.19. The molecule has 1 aromatic carbocycles. The molecule has 2 rings (SSSR count). The van der Waals surface area contributed by atoms with E-state index in [1.807, 2.05) is 6.07 Å². The lowest BCUT2D eigenvalue weighted by Crippen LogP contribution is -2.14. The van der Waals surface area contributed by atoms with Crippen LogP contribution in [0.3, 0.4) is 0 Å². The van der Waals surface area contributed by atoms with Gasteiger partial charge in [-0.1, -0.05) is 37.6 Å². The van der Waals surface area contributed by atoms with Gasteiger partial charge in [-0.25, -0.2) is 0 Å². The Hall–Kier alpha value is -0.550. The molecule has 92 valence electrons. The number of benzene rings is 1. The van der Waals surface area contributed by atoms with E-state index < -0.39 is 0 Å². The molecule has 1 unspecified atom stereocenters. The minimum atomic E-state index is -0.253. The second-order valence-electron chi connectivity index (χ2n) is 4.11. The number of fused-ring (bicyclic) bond motifs is 1. The molecule has 3 heteroatoms. The van der Waals surface area contributed by atoms with Gasteiger partial charge >= 0.3 is 0 Å². The fourth-order valence-electron chi connectivity index (χ4n) is 1.98. The average Bonchev–Trinajstić information content (AvgIpc) is 2.38. The third kappa shape index (κ3) is 2.65. The van der Waals surface area contributed by atoms with Crippen molar-refractivity contribution in [2.24, 2.45) is 0 Å². The highest BCUT2D eigenvalue weighted by Gasteiger charge is 2.25. The molecule has 0 aliphatic carbocycles. The van der Waals surface area contributed by atoms with Crippen molar-refractivity contribution in [2.75, 3.05) is 7.11 Å². The maximum atomic E-state index is 5.93. The Labute approximate surface area is 116 Å². The number of hydrogen-bond acceptors (Lipinski definition) is 2. The lowest BCUT2D eigenvalue weighted by molar-refractivity contribution is -0.102. The van der Waals surface area contributed by atoms with E-state index in [1.165, 1.54) is 15.6 Å². The van der Waals surface area contributed by atoms with Crippen molar-refractivity contribution in [1.82, 2.24) is 0 Å². The summed E-state index contributed by atoms with van der Waals surface area (Å²) in [6.07, 6.45) is 3.07. The molecule has 0 saturated heterocycles. The number of methoxy groups -OCH3 is 1. The number of allylic oxidation sites excluding steroid dienone is 1. The largest absolute Gasteiger partial charge is 0.464 e. The Morgan fingerprint density at radius 3 is 2.82 bits per heavy atom. The maximum absolute atomic E-state index is 5.93. The molecule has 1 heterocycles. The van der Waals surface area contributed by atoms with Crippen molar-refractivity contribution < 1.29 is 9.47 Å². The van der Waals surface area contributed by atoms with Gasteiger partial charge in [0.25, 0.3) is 0 Å². The van der Waals surface area contributed by atoms with E-state index in [0.717, 1.165) is 24.2 Å². The Bertz CT molecular complexity index is 426. The number of rotatable bonds is 4. The normalized spacial score (nSPS) is 18.9. The van der Waals surface area contributed by atoms with Gasteiger partial charge in [-0.2, -0.15) is 0 Å². The van der Waals surface area contributed by atoms with E-state index in [2.05, 4.69) is 47.7 Å². The smallest absolute Gasteiger partial charge is 0.226 e. The molecule has 0 N–H and O–H groups in total. The number of ether oxygens (including phenoxy) is 2. The molecule has 1 aliphatic rings. The SMILES string of the molecule is CCCCC1=C(I)c2ccccc2C(OC)O1. The first-order chi connectivity index (χ1) is 8.27. The van der Waals surface area contributed by atoms with E-state index in [-0.39, 0.29) is 6.29 Å². The van der Waals surface area contributed by atoms with E-state index in [0.29, 0.717) is 0 Å². The molecule has 1 aromatic rings. The monoisotopic (exact) mass is 344 g/mol. The van der Waals surface area contributed by atoms with Gasteiger partial charge in [-0.05, 0) is 29.0 Å².